The van der Waals surface area contributed by atoms with Crippen molar-refractivity contribution in [3.05, 3.63) is 62.6 Å². The molecule has 104 valence electrons. The first-order valence-electron chi connectivity index (χ1n) is 5.82. The van der Waals surface area contributed by atoms with Crippen molar-refractivity contribution in [2.75, 3.05) is 7.11 Å². The largest absolute Gasteiger partial charge is 0.496 e. The van der Waals surface area contributed by atoms with E-state index in [1.807, 2.05) is 0 Å². The Hall–Kier alpha value is -1.22. The molecule has 0 aromatic heterocycles. The van der Waals surface area contributed by atoms with Gasteiger partial charge in [-0.1, -0.05) is 40.9 Å². The fourth-order valence-electron chi connectivity index (χ4n) is 1.83. The fourth-order valence-corrected chi connectivity index (χ4v) is 2.47. The van der Waals surface area contributed by atoms with Crippen LogP contribution in [0.3, 0.4) is 0 Å². The molecule has 5 heteroatoms. The molecule has 0 radical (unpaired) electrons. The van der Waals surface area contributed by atoms with Crippen molar-refractivity contribution < 1.29 is 9.53 Å². The smallest absolute Gasteiger partial charge is 0.171 e. The van der Waals surface area contributed by atoms with Gasteiger partial charge < -0.3 is 4.74 Å². The van der Waals surface area contributed by atoms with E-state index in [2.05, 4.69) is 0 Å². The van der Waals surface area contributed by atoms with Gasteiger partial charge in [0.05, 0.1) is 12.7 Å². The van der Waals surface area contributed by atoms with Gasteiger partial charge in [-0.25, -0.2) is 0 Å². The predicted octanol–water partition coefficient (Wildman–Crippen LogP) is 5.08. The van der Waals surface area contributed by atoms with Crippen LogP contribution >= 0.6 is 34.8 Å². The lowest BCUT2D eigenvalue weighted by molar-refractivity contribution is 0.0990. The van der Waals surface area contributed by atoms with Crippen LogP contribution in [0.4, 0.5) is 0 Å². The van der Waals surface area contributed by atoms with Crippen LogP contribution < -0.4 is 4.74 Å². The summed E-state index contributed by atoms with van der Waals surface area (Å²) in [6, 6.07) is 9.97. The predicted molar refractivity (Wildman–Crippen MR) is 82.5 cm³/mol. The van der Waals surface area contributed by atoms with E-state index in [9.17, 15) is 4.79 Å². The van der Waals surface area contributed by atoms with Gasteiger partial charge in [-0.05, 0) is 35.9 Å². The van der Waals surface area contributed by atoms with Crippen molar-refractivity contribution in [3.8, 4) is 5.75 Å². The number of methoxy groups -OCH3 is 1. The minimum absolute atomic E-state index is 0.0947. The highest BCUT2D eigenvalue weighted by Crippen LogP contribution is 2.27. The maximum Gasteiger partial charge on any atom is 0.171 e. The third-order valence-electron chi connectivity index (χ3n) is 2.83. The van der Waals surface area contributed by atoms with Crippen LogP contribution in [0.2, 0.25) is 15.1 Å². The summed E-state index contributed by atoms with van der Waals surface area (Å²) in [5, 5.41) is 1.52. The van der Waals surface area contributed by atoms with Crippen LogP contribution in [0.1, 0.15) is 15.9 Å². The summed E-state index contributed by atoms with van der Waals surface area (Å²) in [5.41, 5.74) is 1.20. The third kappa shape index (κ3) is 3.45. The third-order valence-corrected chi connectivity index (χ3v) is 3.65. The summed E-state index contributed by atoms with van der Waals surface area (Å²) in [6.07, 6.45) is 0.175. The van der Waals surface area contributed by atoms with E-state index in [1.165, 1.54) is 7.11 Å². The number of rotatable bonds is 4. The van der Waals surface area contributed by atoms with Crippen LogP contribution in [0, 0.1) is 0 Å². The summed E-state index contributed by atoms with van der Waals surface area (Å²) in [6.45, 7) is 0. The van der Waals surface area contributed by atoms with Gasteiger partial charge in [0, 0.05) is 21.5 Å². The van der Waals surface area contributed by atoms with Crippen LogP contribution in [-0.4, -0.2) is 12.9 Å². The molecule has 0 saturated carbocycles. The normalized spacial score (nSPS) is 10.4. The molecule has 0 saturated heterocycles. The van der Waals surface area contributed by atoms with Crippen molar-refractivity contribution in [1.82, 2.24) is 0 Å². The Labute approximate surface area is 132 Å². The number of hydrogen-bond acceptors (Lipinski definition) is 2. The summed E-state index contributed by atoms with van der Waals surface area (Å²) in [4.78, 5) is 12.3. The quantitative estimate of drug-likeness (QED) is 0.731. The van der Waals surface area contributed by atoms with Gasteiger partial charge in [0.1, 0.15) is 5.75 Å². The number of halogens is 3. The first-order valence-corrected chi connectivity index (χ1v) is 6.95. The second-order valence-corrected chi connectivity index (χ2v) is 5.46. The summed E-state index contributed by atoms with van der Waals surface area (Å²) < 4.78 is 5.17. The monoisotopic (exact) mass is 328 g/mol. The summed E-state index contributed by atoms with van der Waals surface area (Å²) in [5.74, 6) is 0.357. The molecule has 2 aromatic rings. The highest BCUT2D eigenvalue weighted by Gasteiger charge is 2.15. The van der Waals surface area contributed by atoms with Crippen molar-refractivity contribution in [2.45, 2.75) is 6.42 Å². The van der Waals surface area contributed by atoms with Crippen molar-refractivity contribution >= 4 is 40.6 Å². The molecular formula is C15H11Cl3O2. The molecule has 0 heterocycles. The van der Waals surface area contributed by atoms with E-state index in [0.29, 0.717) is 26.4 Å². The van der Waals surface area contributed by atoms with E-state index < -0.39 is 0 Å². The van der Waals surface area contributed by atoms with E-state index in [1.54, 1.807) is 36.4 Å². The topological polar surface area (TPSA) is 26.3 Å². The molecule has 0 amide bonds. The van der Waals surface area contributed by atoms with Gasteiger partial charge in [0.15, 0.2) is 5.78 Å². The van der Waals surface area contributed by atoms with Crippen LogP contribution in [-0.2, 0) is 6.42 Å². The van der Waals surface area contributed by atoms with E-state index in [4.69, 9.17) is 39.5 Å². The second kappa shape index (κ2) is 6.49. The molecule has 0 spiro atoms. The Morgan fingerprint density at radius 3 is 2.35 bits per heavy atom. The molecule has 0 aliphatic rings. The van der Waals surface area contributed by atoms with Crippen molar-refractivity contribution in [1.29, 1.82) is 0 Å². The van der Waals surface area contributed by atoms with Gasteiger partial charge in [0.2, 0.25) is 0 Å². The molecule has 0 aliphatic carbocycles. The molecular weight excluding hydrogens is 319 g/mol. The minimum Gasteiger partial charge on any atom is -0.496 e. The first-order chi connectivity index (χ1) is 9.51. The Morgan fingerprint density at radius 2 is 1.70 bits per heavy atom. The van der Waals surface area contributed by atoms with Crippen LogP contribution in [0.5, 0.6) is 5.75 Å². The molecule has 0 fully saturated rings. The highest BCUT2D eigenvalue weighted by atomic mass is 35.5. The van der Waals surface area contributed by atoms with Crippen molar-refractivity contribution in [3.63, 3.8) is 0 Å². The van der Waals surface area contributed by atoms with Gasteiger partial charge >= 0.3 is 0 Å². The molecule has 0 atom stereocenters. The minimum atomic E-state index is -0.0947. The average Bonchev–Trinajstić information content (AvgIpc) is 2.41. The van der Waals surface area contributed by atoms with E-state index in [0.717, 1.165) is 5.56 Å². The standard InChI is InChI=1S/C15H11Cl3O2/c1-20-15-8-11(17)4-5-12(15)14(19)6-9-2-3-10(16)7-13(9)18/h2-5,7-8H,6H2,1H3. The zero-order valence-corrected chi connectivity index (χ0v) is 12.9. The molecule has 2 rings (SSSR count). The van der Waals surface area contributed by atoms with Gasteiger partial charge in [-0.15, -0.1) is 0 Å². The lowest BCUT2D eigenvalue weighted by atomic mass is 10.0. The molecule has 0 bridgehead atoms. The Morgan fingerprint density at radius 1 is 1.05 bits per heavy atom. The fraction of sp³-hybridized carbons (Fsp3) is 0.133. The Balaban J connectivity index is 2.28. The number of Topliss-reactive ketones (excluding diaryl/α,β-unsaturated/α-hetero) is 1. The molecule has 0 N–H and O–H groups in total. The van der Waals surface area contributed by atoms with E-state index in [-0.39, 0.29) is 12.2 Å². The molecule has 2 nitrogen and oxygen atoms in total. The van der Waals surface area contributed by atoms with E-state index >= 15 is 0 Å². The van der Waals surface area contributed by atoms with Crippen molar-refractivity contribution in [2.24, 2.45) is 0 Å². The Bertz CT molecular complexity index is 654. The maximum atomic E-state index is 12.3. The average molecular weight is 330 g/mol. The number of carbonyl (C=O) groups excluding carboxylic acids is 1. The number of ketones is 1. The molecule has 0 aliphatic heterocycles. The lowest BCUT2D eigenvalue weighted by Gasteiger charge is -2.09. The molecule has 20 heavy (non-hydrogen) atoms. The lowest BCUT2D eigenvalue weighted by Crippen LogP contribution is -2.06. The Kier molecular flexibility index (Phi) is 4.92. The zero-order chi connectivity index (χ0) is 14.7. The number of carbonyl (C=O) groups is 1. The first kappa shape index (κ1) is 15.2. The van der Waals surface area contributed by atoms with Gasteiger partial charge in [-0.2, -0.15) is 0 Å². The molecule has 0 unspecified atom stereocenters. The zero-order valence-electron chi connectivity index (χ0n) is 10.6. The maximum absolute atomic E-state index is 12.3. The summed E-state index contributed by atoms with van der Waals surface area (Å²) in [7, 11) is 1.50. The SMILES string of the molecule is COc1cc(Cl)ccc1C(=O)Cc1ccc(Cl)cc1Cl. The highest BCUT2D eigenvalue weighted by molar-refractivity contribution is 6.35. The number of ether oxygens (including phenoxy) is 1. The van der Waals surface area contributed by atoms with Gasteiger partial charge in [-0.3, -0.25) is 4.79 Å². The summed E-state index contributed by atoms with van der Waals surface area (Å²) >= 11 is 17.8. The second-order valence-electron chi connectivity index (χ2n) is 4.18. The molecule has 2 aromatic carbocycles. The van der Waals surface area contributed by atoms with Gasteiger partial charge in [0.25, 0.3) is 0 Å². The van der Waals surface area contributed by atoms with Crippen LogP contribution in [0.15, 0.2) is 36.4 Å². The van der Waals surface area contributed by atoms with Crippen LogP contribution in [0.25, 0.3) is 0 Å². The number of hydrogen-bond donors (Lipinski definition) is 0. The number of benzene rings is 2.